The number of benzene rings is 3. The molecule has 0 heterocycles. The molecule has 3 aromatic rings. The molecule has 0 aliphatic heterocycles. The average Bonchev–Trinajstić information content (AvgIpc) is 2.55. The molecule has 0 spiro atoms. The summed E-state index contributed by atoms with van der Waals surface area (Å²) in [6.07, 6.45) is 0. The second kappa shape index (κ2) is 6.33. The first-order chi connectivity index (χ1) is 11.0. The van der Waals surface area contributed by atoms with Crippen molar-refractivity contribution >= 4 is 15.9 Å². The average molecular weight is 365 g/mol. The molecule has 0 aliphatic rings. The summed E-state index contributed by atoms with van der Waals surface area (Å²) in [7, 11) is 0. The normalized spacial score (nSPS) is 11.5. The molecule has 0 fully saturated rings. The maximum Gasteiger partial charge on any atom is 0.0260 e. The Morgan fingerprint density at radius 3 is 1.57 bits per heavy atom. The molecule has 0 radical (unpaired) electrons. The van der Waals surface area contributed by atoms with Gasteiger partial charge >= 0.3 is 0 Å². The third kappa shape index (κ3) is 3.25. The molecule has 0 aromatic heterocycles. The molecule has 3 aromatic carbocycles. The van der Waals surface area contributed by atoms with E-state index in [0.29, 0.717) is 0 Å². The molecule has 0 saturated heterocycles. The van der Waals surface area contributed by atoms with E-state index >= 15 is 0 Å². The fourth-order valence-corrected chi connectivity index (χ4v) is 3.55. The standard InChI is InChI=1S/C22H21Br/c1-22(2,3)18-14-15-19(23)21(17-12-8-5-9-13-17)20(18)16-10-6-4-7-11-16/h4-15H,1-3H3. The van der Waals surface area contributed by atoms with Crippen LogP contribution in [0.3, 0.4) is 0 Å². The van der Waals surface area contributed by atoms with E-state index in [-0.39, 0.29) is 5.41 Å². The highest BCUT2D eigenvalue weighted by molar-refractivity contribution is 9.10. The van der Waals surface area contributed by atoms with Crippen molar-refractivity contribution in [3.8, 4) is 22.3 Å². The van der Waals surface area contributed by atoms with Crippen LogP contribution >= 0.6 is 15.9 Å². The molecule has 0 aliphatic carbocycles. The van der Waals surface area contributed by atoms with Crippen molar-refractivity contribution < 1.29 is 0 Å². The Morgan fingerprint density at radius 2 is 1.09 bits per heavy atom. The first-order valence-corrected chi connectivity index (χ1v) is 8.71. The van der Waals surface area contributed by atoms with Crippen molar-refractivity contribution in [1.29, 1.82) is 0 Å². The second-order valence-electron chi connectivity index (χ2n) is 6.83. The number of hydrogen-bond acceptors (Lipinski definition) is 0. The van der Waals surface area contributed by atoms with Gasteiger partial charge in [-0.3, -0.25) is 0 Å². The van der Waals surface area contributed by atoms with Crippen molar-refractivity contribution in [2.75, 3.05) is 0 Å². The van der Waals surface area contributed by atoms with Crippen LogP contribution in [0.5, 0.6) is 0 Å². The molecule has 1 heteroatoms. The molecule has 23 heavy (non-hydrogen) atoms. The largest absolute Gasteiger partial charge is 0.0622 e. The fourth-order valence-electron chi connectivity index (χ4n) is 2.99. The predicted octanol–water partition coefficient (Wildman–Crippen LogP) is 7.08. The van der Waals surface area contributed by atoms with E-state index in [0.717, 1.165) is 4.47 Å². The summed E-state index contributed by atoms with van der Waals surface area (Å²) in [6.45, 7) is 6.83. The van der Waals surface area contributed by atoms with Crippen LogP contribution in [-0.4, -0.2) is 0 Å². The Morgan fingerprint density at radius 1 is 0.609 bits per heavy atom. The van der Waals surface area contributed by atoms with E-state index in [1.54, 1.807) is 0 Å². The lowest BCUT2D eigenvalue weighted by molar-refractivity contribution is 0.592. The lowest BCUT2D eigenvalue weighted by Crippen LogP contribution is -2.13. The van der Waals surface area contributed by atoms with E-state index in [4.69, 9.17) is 0 Å². The van der Waals surface area contributed by atoms with Gasteiger partial charge in [-0.1, -0.05) is 103 Å². The molecule has 0 N–H and O–H groups in total. The van der Waals surface area contributed by atoms with Crippen LogP contribution in [0, 0.1) is 0 Å². The molecular formula is C22H21Br. The first kappa shape index (κ1) is 16.0. The maximum atomic E-state index is 3.78. The van der Waals surface area contributed by atoms with Gasteiger partial charge in [-0.25, -0.2) is 0 Å². The minimum atomic E-state index is 0.0788. The van der Waals surface area contributed by atoms with Gasteiger partial charge in [-0.2, -0.15) is 0 Å². The monoisotopic (exact) mass is 364 g/mol. The zero-order valence-corrected chi connectivity index (χ0v) is 15.4. The van der Waals surface area contributed by atoms with E-state index in [1.165, 1.54) is 27.8 Å². The Balaban J connectivity index is 2.39. The van der Waals surface area contributed by atoms with E-state index in [2.05, 4.69) is 109 Å². The summed E-state index contributed by atoms with van der Waals surface area (Å²) in [5.74, 6) is 0. The third-order valence-electron chi connectivity index (χ3n) is 4.09. The van der Waals surface area contributed by atoms with Gasteiger partial charge in [-0.15, -0.1) is 0 Å². The van der Waals surface area contributed by atoms with Crippen molar-refractivity contribution in [1.82, 2.24) is 0 Å². The minimum absolute atomic E-state index is 0.0788. The molecule has 0 nitrogen and oxygen atoms in total. The lowest BCUT2D eigenvalue weighted by Gasteiger charge is -2.26. The van der Waals surface area contributed by atoms with E-state index < -0.39 is 0 Å². The van der Waals surface area contributed by atoms with Gasteiger partial charge in [0.1, 0.15) is 0 Å². The molecular weight excluding hydrogens is 344 g/mol. The summed E-state index contributed by atoms with van der Waals surface area (Å²) in [6, 6.07) is 25.7. The minimum Gasteiger partial charge on any atom is -0.0622 e. The zero-order chi connectivity index (χ0) is 16.4. The van der Waals surface area contributed by atoms with Gasteiger partial charge in [-0.05, 0) is 33.7 Å². The topological polar surface area (TPSA) is 0 Å². The highest BCUT2D eigenvalue weighted by atomic mass is 79.9. The maximum absolute atomic E-state index is 3.78. The SMILES string of the molecule is CC(C)(C)c1ccc(Br)c(-c2ccccc2)c1-c1ccccc1. The van der Waals surface area contributed by atoms with Gasteiger partial charge in [0.15, 0.2) is 0 Å². The summed E-state index contributed by atoms with van der Waals surface area (Å²) >= 11 is 3.78. The lowest BCUT2D eigenvalue weighted by atomic mass is 9.79. The van der Waals surface area contributed by atoms with Crippen molar-refractivity contribution in [2.24, 2.45) is 0 Å². The first-order valence-electron chi connectivity index (χ1n) is 7.92. The quantitative estimate of drug-likeness (QED) is 0.455. The fraction of sp³-hybridized carbons (Fsp3) is 0.182. The highest BCUT2D eigenvalue weighted by Gasteiger charge is 2.23. The zero-order valence-electron chi connectivity index (χ0n) is 13.8. The van der Waals surface area contributed by atoms with Gasteiger partial charge in [0.05, 0.1) is 0 Å². The van der Waals surface area contributed by atoms with E-state index in [1.807, 2.05) is 0 Å². The molecule has 3 rings (SSSR count). The Kier molecular flexibility index (Phi) is 4.41. The van der Waals surface area contributed by atoms with Crippen LogP contribution < -0.4 is 0 Å². The van der Waals surface area contributed by atoms with Gasteiger partial charge < -0.3 is 0 Å². The predicted molar refractivity (Wildman–Crippen MR) is 104 cm³/mol. The summed E-state index contributed by atoms with van der Waals surface area (Å²) in [5.41, 5.74) is 6.53. The van der Waals surface area contributed by atoms with Crippen LogP contribution in [0.2, 0.25) is 0 Å². The van der Waals surface area contributed by atoms with Crippen LogP contribution in [0.25, 0.3) is 22.3 Å². The summed E-state index contributed by atoms with van der Waals surface area (Å²) < 4.78 is 1.13. The Labute approximate surface area is 147 Å². The van der Waals surface area contributed by atoms with Gasteiger partial charge in [0.25, 0.3) is 0 Å². The smallest absolute Gasteiger partial charge is 0.0260 e. The van der Waals surface area contributed by atoms with Crippen LogP contribution in [0.4, 0.5) is 0 Å². The summed E-state index contributed by atoms with van der Waals surface area (Å²) in [4.78, 5) is 0. The van der Waals surface area contributed by atoms with Crippen LogP contribution in [-0.2, 0) is 5.41 Å². The molecule has 0 amide bonds. The molecule has 0 bridgehead atoms. The molecule has 116 valence electrons. The van der Waals surface area contributed by atoms with Crippen LogP contribution in [0.1, 0.15) is 26.3 Å². The van der Waals surface area contributed by atoms with Gasteiger partial charge in [0.2, 0.25) is 0 Å². The van der Waals surface area contributed by atoms with E-state index in [9.17, 15) is 0 Å². The number of hydrogen-bond donors (Lipinski definition) is 0. The Bertz CT molecular complexity index is 797. The third-order valence-corrected chi connectivity index (χ3v) is 4.75. The van der Waals surface area contributed by atoms with Crippen molar-refractivity contribution in [3.05, 3.63) is 82.8 Å². The van der Waals surface area contributed by atoms with Gasteiger partial charge in [0, 0.05) is 10.0 Å². The molecule has 0 unspecified atom stereocenters. The highest BCUT2D eigenvalue weighted by Crippen LogP contribution is 2.43. The number of halogens is 1. The molecule has 0 atom stereocenters. The molecule has 0 saturated carbocycles. The van der Waals surface area contributed by atoms with Crippen molar-refractivity contribution in [2.45, 2.75) is 26.2 Å². The number of rotatable bonds is 2. The Hall–Kier alpha value is -1.86. The summed E-state index contributed by atoms with van der Waals surface area (Å²) in [5, 5.41) is 0. The second-order valence-corrected chi connectivity index (χ2v) is 7.68. The van der Waals surface area contributed by atoms with Crippen LogP contribution in [0.15, 0.2) is 77.3 Å². The van der Waals surface area contributed by atoms with Crippen molar-refractivity contribution in [3.63, 3.8) is 0 Å².